The number of nitrogens with one attached hydrogen (secondary N) is 1. The van der Waals surface area contributed by atoms with Gasteiger partial charge < -0.3 is 15.3 Å². The van der Waals surface area contributed by atoms with Crippen molar-refractivity contribution in [2.24, 2.45) is 0 Å². The third-order valence-electron chi connectivity index (χ3n) is 2.78. The third kappa shape index (κ3) is 3.20. The highest BCUT2D eigenvalue weighted by molar-refractivity contribution is 5.81. The first-order valence-electron chi connectivity index (χ1n) is 5.93. The number of likely N-dealkylation sites (N-methyl/N-ethyl adjacent to an activating group) is 2. The van der Waals surface area contributed by atoms with Gasteiger partial charge in [-0.3, -0.25) is 4.79 Å². The van der Waals surface area contributed by atoms with Gasteiger partial charge in [-0.1, -0.05) is 12.1 Å². The molecule has 0 aliphatic rings. The number of benzene rings is 1. The Morgan fingerprint density at radius 2 is 2.22 bits per heavy atom. The van der Waals surface area contributed by atoms with E-state index >= 15 is 0 Å². The van der Waals surface area contributed by atoms with Gasteiger partial charge in [0.2, 0.25) is 5.91 Å². The number of carbonyl (C=O) groups excluding carboxylic acids is 1. The van der Waals surface area contributed by atoms with Crippen LogP contribution in [0.4, 0.5) is 10.1 Å². The number of aliphatic hydroxyl groups is 1. The highest BCUT2D eigenvalue weighted by Gasteiger charge is 2.19. The zero-order valence-electron chi connectivity index (χ0n) is 10.9. The van der Waals surface area contributed by atoms with Crippen LogP contribution in [0.5, 0.6) is 0 Å². The summed E-state index contributed by atoms with van der Waals surface area (Å²) in [7, 11) is 1.53. The van der Waals surface area contributed by atoms with Gasteiger partial charge in [-0.25, -0.2) is 4.39 Å². The number of hydrogen-bond acceptors (Lipinski definition) is 3. The van der Waals surface area contributed by atoms with Crippen molar-refractivity contribution in [1.82, 2.24) is 5.32 Å². The van der Waals surface area contributed by atoms with Crippen LogP contribution in [0.2, 0.25) is 0 Å². The summed E-state index contributed by atoms with van der Waals surface area (Å²) in [6.45, 7) is 3.95. The molecule has 0 unspecified atom stereocenters. The average molecular weight is 254 g/mol. The molecule has 0 saturated heterocycles. The minimum Gasteiger partial charge on any atom is -0.389 e. The van der Waals surface area contributed by atoms with Crippen LogP contribution >= 0.6 is 0 Å². The molecular formula is C13H19FN2O2. The minimum atomic E-state index is -0.783. The largest absolute Gasteiger partial charge is 0.389 e. The van der Waals surface area contributed by atoms with Crippen molar-refractivity contribution in [3.63, 3.8) is 0 Å². The Hall–Kier alpha value is -1.62. The maximum atomic E-state index is 13.9. The predicted molar refractivity (Wildman–Crippen MR) is 69.0 cm³/mol. The van der Waals surface area contributed by atoms with E-state index in [1.165, 1.54) is 13.1 Å². The maximum Gasteiger partial charge on any atom is 0.239 e. The lowest BCUT2D eigenvalue weighted by atomic mass is 10.1. The fraction of sp³-hybridized carbons (Fsp3) is 0.462. The number of halogens is 1. The quantitative estimate of drug-likeness (QED) is 0.836. The van der Waals surface area contributed by atoms with Gasteiger partial charge in [-0.2, -0.15) is 0 Å². The van der Waals surface area contributed by atoms with E-state index < -0.39 is 11.9 Å². The Kier molecular flexibility index (Phi) is 5.09. The Morgan fingerprint density at radius 3 is 2.72 bits per heavy atom. The number of nitrogens with zero attached hydrogens (tertiary/aromatic N) is 1. The lowest BCUT2D eigenvalue weighted by molar-refractivity contribution is -0.119. The smallest absolute Gasteiger partial charge is 0.239 e. The zero-order chi connectivity index (χ0) is 13.7. The fourth-order valence-electron chi connectivity index (χ4n) is 1.80. The molecule has 1 aromatic rings. The number of aliphatic hydroxyl groups excluding tert-OH is 1. The first-order valence-corrected chi connectivity index (χ1v) is 5.93. The van der Waals surface area contributed by atoms with Crippen molar-refractivity contribution in [3.05, 3.63) is 29.6 Å². The van der Waals surface area contributed by atoms with Gasteiger partial charge >= 0.3 is 0 Å². The lowest BCUT2D eigenvalue weighted by Gasteiger charge is -2.26. The summed E-state index contributed by atoms with van der Waals surface area (Å²) in [6, 6.07) is 4.54. The minimum absolute atomic E-state index is 0.0631. The standard InChI is InChI=1S/C13H19FN2O2/c1-4-16(8-12(18)15-3)13-10(9(2)17)6-5-7-11(13)14/h5-7,9,17H,4,8H2,1-3H3,(H,15,18)/t9-/m0/s1. The zero-order valence-corrected chi connectivity index (χ0v) is 10.9. The van der Waals surface area contributed by atoms with Gasteiger partial charge in [0, 0.05) is 19.2 Å². The summed E-state index contributed by atoms with van der Waals surface area (Å²) in [5, 5.41) is 12.2. The molecule has 1 rings (SSSR count). The van der Waals surface area contributed by atoms with Crippen molar-refractivity contribution in [2.75, 3.05) is 25.0 Å². The number of carbonyl (C=O) groups is 1. The molecule has 0 aliphatic carbocycles. The van der Waals surface area contributed by atoms with Gasteiger partial charge in [0.1, 0.15) is 5.82 Å². The van der Waals surface area contributed by atoms with Gasteiger partial charge in [0.15, 0.2) is 0 Å². The van der Waals surface area contributed by atoms with E-state index in [4.69, 9.17) is 0 Å². The summed E-state index contributed by atoms with van der Waals surface area (Å²) >= 11 is 0. The molecule has 1 aromatic carbocycles. The molecule has 1 atom stereocenters. The van der Waals surface area contributed by atoms with Crippen LogP contribution in [0.3, 0.4) is 0 Å². The summed E-state index contributed by atoms with van der Waals surface area (Å²) < 4.78 is 13.9. The molecule has 0 aliphatic heterocycles. The summed E-state index contributed by atoms with van der Waals surface area (Å²) in [5.41, 5.74) is 0.777. The van der Waals surface area contributed by atoms with Crippen LogP contribution in [-0.4, -0.2) is 31.2 Å². The molecule has 0 saturated carbocycles. The van der Waals surface area contributed by atoms with Crippen molar-refractivity contribution in [2.45, 2.75) is 20.0 Å². The van der Waals surface area contributed by atoms with E-state index in [9.17, 15) is 14.3 Å². The van der Waals surface area contributed by atoms with Crippen LogP contribution < -0.4 is 10.2 Å². The molecule has 1 amide bonds. The molecule has 5 heteroatoms. The molecule has 2 N–H and O–H groups in total. The van der Waals surface area contributed by atoms with E-state index in [-0.39, 0.29) is 12.5 Å². The molecule has 0 fully saturated rings. The summed E-state index contributed by atoms with van der Waals surface area (Å²) in [6.07, 6.45) is -0.783. The van der Waals surface area contributed by atoms with E-state index in [1.54, 1.807) is 24.0 Å². The number of rotatable bonds is 5. The van der Waals surface area contributed by atoms with Crippen LogP contribution in [-0.2, 0) is 4.79 Å². The molecule has 0 aromatic heterocycles. The van der Waals surface area contributed by atoms with Crippen molar-refractivity contribution >= 4 is 11.6 Å². The third-order valence-corrected chi connectivity index (χ3v) is 2.78. The second kappa shape index (κ2) is 6.35. The van der Waals surface area contributed by atoms with Crippen LogP contribution in [0.1, 0.15) is 25.5 Å². The Balaban J connectivity index is 3.15. The van der Waals surface area contributed by atoms with E-state index in [0.717, 1.165) is 0 Å². The first kappa shape index (κ1) is 14.4. The molecular weight excluding hydrogens is 235 g/mol. The molecule has 18 heavy (non-hydrogen) atoms. The topological polar surface area (TPSA) is 52.6 Å². The van der Waals surface area contributed by atoms with Gasteiger partial charge in [0.05, 0.1) is 18.3 Å². The number of hydrogen-bond donors (Lipinski definition) is 2. The maximum absolute atomic E-state index is 13.9. The highest BCUT2D eigenvalue weighted by Crippen LogP contribution is 2.29. The molecule has 100 valence electrons. The van der Waals surface area contributed by atoms with Crippen LogP contribution in [0.15, 0.2) is 18.2 Å². The van der Waals surface area contributed by atoms with Crippen molar-refractivity contribution in [1.29, 1.82) is 0 Å². The lowest BCUT2D eigenvalue weighted by Crippen LogP contribution is -2.36. The summed E-state index contributed by atoms with van der Waals surface area (Å²) in [5.74, 6) is -0.629. The molecule has 0 spiro atoms. The van der Waals surface area contributed by atoms with Gasteiger partial charge in [-0.05, 0) is 19.9 Å². The molecule has 0 bridgehead atoms. The number of anilines is 1. The second-order valence-corrected chi connectivity index (χ2v) is 4.04. The van der Waals surface area contributed by atoms with Gasteiger partial charge in [0.25, 0.3) is 0 Å². The summed E-state index contributed by atoms with van der Waals surface area (Å²) in [4.78, 5) is 13.0. The van der Waals surface area contributed by atoms with Crippen LogP contribution in [0, 0.1) is 5.82 Å². The van der Waals surface area contributed by atoms with Crippen molar-refractivity contribution in [3.8, 4) is 0 Å². The van der Waals surface area contributed by atoms with E-state index in [1.807, 2.05) is 6.92 Å². The molecule has 0 heterocycles. The first-order chi connectivity index (χ1) is 8.51. The normalized spacial score (nSPS) is 12.1. The molecule has 0 radical (unpaired) electrons. The van der Waals surface area contributed by atoms with E-state index in [2.05, 4.69) is 5.32 Å². The van der Waals surface area contributed by atoms with Gasteiger partial charge in [-0.15, -0.1) is 0 Å². The Labute approximate surface area is 106 Å². The SMILES string of the molecule is CCN(CC(=O)NC)c1c(F)cccc1[C@H](C)O. The van der Waals surface area contributed by atoms with Crippen LogP contribution in [0.25, 0.3) is 0 Å². The number of para-hydroxylation sites is 1. The monoisotopic (exact) mass is 254 g/mol. The fourth-order valence-corrected chi connectivity index (χ4v) is 1.80. The predicted octanol–water partition coefficient (Wildman–Crippen LogP) is 1.45. The average Bonchev–Trinajstić information content (AvgIpc) is 2.35. The number of amides is 1. The highest BCUT2D eigenvalue weighted by atomic mass is 19.1. The van der Waals surface area contributed by atoms with Crippen molar-refractivity contribution < 1.29 is 14.3 Å². The second-order valence-electron chi connectivity index (χ2n) is 4.04. The Bertz CT molecular complexity index is 421. The Morgan fingerprint density at radius 1 is 1.56 bits per heavy atom. The molecule has 4 nitrogen and oxygen atoms in total. The van der Waals surface area contributed by atoms with E-state index in [0.29, 0.717) is 17.8 Å².